The van der Waals surface area contributed by atoms with Crippen LogP contribution in [0.3, 0.4) is 0 Å². The molecule has 0 aliphatic heterocycles. The van der Waals surface area contributed by atoms with Crippen molar-refractivity contribution in [1.82, 2.24) is 15.0 Å². The van der Waals surface area contributed by atoms with Gasteiger partial charge in [0, 0.05) is 17.7 Å². The van der Waals surface area contributed by atoms with Crippen LogP contribution in [0, 0.1) is 6.92 Å². The van der Waals surface area contributed by atoms with E-state index >= 15 is 0 Å². The zero-order valence-electron chi connectivity index (χ0n) is 10.2. The summed E-state index contributed by atoms with van der Waals surface area (Å²) in [6.07, 6.45) is 4.10. The van der Waals surface area contributed by atoms with Gasteiger partial charge in [0.05, 0.1) is 4.47 Å². The minimum atomic E-state index is 0.490. The van der Waals surface area contributed by atoms with Gasteiger partial charge in [0.2, 0.25) is 0 Å². The first-order valence-corrected chi connectivity index (χ1v) is 7.96. The third-order valence-electron chi connectivity index (χ3n) is 2.92. The van der Waals surface area contributed by atoms with Crippen molar-refractivity contribution in [3.63, 3.8) is 0 Å². The van der Waals surface area contributed by atoms with E-state index in [-0.39, 0.29) is 0 Å². The van der Waals surface area contributed by atoms with Gasteiger partial charge in [-0.2, -0.15) is 0 Å². The van der Waals surface area contributed by atoms with Crippen LogP contribution in [-0.2, 0) is 0 Å². The molecule has 2 aromatic rings. The van der Waals surface area contributed by atoms with Crippen molar-refractivity contribution in [3.8, 4) is 0 Å². The smallest absolute Gasteiger partial charge is 0.136 e. The first-order valence-electron chi connectivity index (χ1n) is 5.97. The molecule has 0 unspecified atom stereocenters. The van der Waals surface area contributed by atoms with Gasteiger partial charge in [-0.15, -0.1) is 0 Å². The zero-order chi connectivity index (χ0) is 13.4. The molecule has 1 aliphatic rings. The molecule has 3 rings (SSSR count). The largest absolute Gasteiger partial charge is 0.248 e. The first-order chi connectivity index (χ1) is 9.15. The summed E-state index contributed by atoms with van der Waals surface area (Å²) in [5.74, 6) is 1.36. The Bertz CT molecular complexity index is 631. The van der Waals surface area contributed by atoms with E-state index in [1.807, 2.05) is 19.1 Å². The van der Waals surface area contributed by atoms with E-state index in [1.54, 1.807) is 6.20 Å². The molecule has 1 aliphatic carbocycles. The van der Waals surface area contributed by atoms with Gasteiger partial charge in [0.15, 0.2) is 0 Å². The number of halogens is 2. The highest BCUT2D eigenvalue weighted by molar-refractivity contribution is 9.10. The zero-order valence-corrected chi connectivity index (χ0v) is 13.4. The van der Waals surface area contributed by atoms with Gasteiger partial charge >= 0.3 is 0 Å². The van der Waals surface area contributed by atoms with Gasteiger partial charge in [0.1, 0.15) is 21.0 Å². The Labute approximate surface area is 129 Å². The van der Waals surface area contributed by atoms with E-state index < -0.39 is 0 Å². The first kappa shape index (κ1) is 13.3. The SMILES string of the molecule is Cc1c(Cl)nc(C2CC2)nc1Sc1ncccc1Br. The summed E-state index contributed by atoms with van der Waals surface area (Å²) in [5, 5.41) is 2.33. The van der Waals surface area contributed by atoms with Crippen molar-refractivity contribution in [2.45, 2.75) is 35.7 Å². The molecule has 0 radical (unpaired) electrons. The summed E-state index contributed by atoms with van der Waals surface area (Å²) in [4.78, 5) is 13.4. The summed E-state index contributed by atoms with van der Waals surface area (Å²) in [6.45, 7) is 1.94. The van der Waals surface area contributed by atoms with E-state index in [4.69, 9.17) is 11.6 Å². The van der Waals surface area contributed by atoms with Gasteiger partial charge < -0.3 is 0 Å². The molecule has 19 heavy (non-hydrogen) atoms. The van der Waals surface area contributed by atoms with E-state index in [0.717, 1.165) is 38.8 Å². The molecule has 0 saturated heterocycles. The molecular formula is C13H11BrClN3S. The maximum Gasteiger partial charge on any atom is 0.136 e. The Morgan fingerprint density at radius 2 is 2.11 bits per heavy atom. The number of nitrogens with zero attached hydrogens (tertiary/aromatic N) is 3. The van der Waals surface area contributed by atoms with Crippen molar-refractivity contribution in [2.75, 3.05) is 0 Å². The summed E-state index contributed by atoms with van der Waals surface area (Å²) in [7, 11) is 0. The average Bonchev–Trinajstić information content (AvgIpc) is 3.21. The monoisotopic (exact) mass is 355 g/mol. The van der Waals surface area contributed by atoms with E-state index in [2.05, 4.69) is 30.9 Å². The second kappa shape index (κ2) is 5.38. The molecular weight excluding hydrogens is 346 g/mol. The molecule has 0 spiro atoms. The standard InChI is InChI=1S/C13H11BrClN3S/c1-7-10(15)17-11(8-4-5-8)18-12(7)19-13-9(14)3-2-6-16-13/h2-3,6,8H,4-5H2,1H3. The molecule has 0 atom stereocenters. The molecule has 1 saturated carbocycles. The van der Waals surface area contributed by atoms with Crippen LogP contribution in [0.15, 0.2) is 32.9 Å². The number of hydrogen-bond donors (Lipinski definition) is 0. The lowest BCUT2D eigenvalue weighted by molar-refractivity contribution is 0.860. The van der Waals surface area contributed by atoms with Gasteiger partial charge in [-0.3, -0.25) is 0 Å². The van der Waals surface area contributed by atoms with Crippen LogP contribution >= 0.6 is 39.3 Å². The molecule has 2 aromatic heterocycles. The molecule has 6 heteroatoms. The molecule has 0 N–H and O–H groups in total. The second-order valence-corrected chi connectivity index (χ2v) is 6.66. The van der Waals surface area contributed by atoms with Crippen LogP contribution < -0.4 is 0 Å². The Morgan fingerprint density at radius 3 is 2.79 bits per heavy atom. The number of aromatic nitrogens is 3. The fraction of sp³-hybridized carbons (Fsp3) is 0.308. The summed E-state index contributed by atoms with van der Waals surface area (Å²) in [6, 6.07) is 3.86. The Hall–Kier alpha value is -0.650. The quantitative estimate of drug-likeness (QED) is 0.752. The van der Waals surface area contributed by atoms with Gasteiger partial charge in [-0.05, 0) is 59.6 Å². The molecule has 3 nitrogen and oxygen atoms in total. The number of hydrogen-bond acceptors (Lipinski definition) is 4. The summed E-state index contributed by atoms with van der Waals surface area (Å²) < 4.78 is 0.960. The number of pyridine rings is 1. The van der Waals surface area contributed by atoms with Gasteiger partial charge in [-0.1, -0.05) is 11.6 Å². The maximum atomic E-state index is 6.20. The minimum Gasteiger partial charge on any atom is -0.248 e. The summed E-state index contributed by atoms with van der Waals surface area (Å²) >= 11 is 11.2. The Kier molecular flexibility index (Phi) is 3.78. The molecule has 98 valence electrons. The molecule has 0 bridgehead atoms. The van der Waals surface area contributed by atoms with Crippen LogP contribution in [0.2, 0.25) is 5.15 Å². The van der Waals surface area contributed by atoms with Crippen LogP contribution in [0.4, 0.5) is 0 Å². The second-order valence-electron chi connectivity index (χ2n) is 4.47. The third kappa shape index (κ3) is 2.93. The fourth-order valence-corrected chi connectivity index (χ4v) is 3.23. The van der Waals surface area contributed by atoms with Crippen molar-refractivity contribution >= 4 is 39.3 Å². The molecule has 1 fully saturated rings. The van der Waals surface area contributed by atoms with Crippen molar-refractivity contribution in [2.24, 2.45) is 0 Å². The van der Waals surface area contributed by atoms with E-state index in [1.165, 1.54) is 11.8 Å². The predicted octanol–water partition coefficient (Wildman–Crippen LogP) is 4.62. The normalized spacial score (nSPS) is 14.7. The lowest BCUT2D eigenvalue weighted by atomic mass is 10.3. The lowest BCUT2D eigenvalue weighted by Crippen LogP contribution is -1.98. The van der Waals surface area contributed by atoms with Crippen molar-refractivity contribution < 1.29 is 0 Å². The molecule has 0 aromatic carbocycles. The minimum absolute atomic E-state index is 0.490. The van der Waals surface area contributed by atoms with Gasteiger partial charge in [-0.25, -0.2) is 15.0 Å². The third-order valence-corrected chi connectivity index (χ3v) is 5.30. The van der Waals surface area contributed by atoms with E-state index in [9.17, 15) is 0 Å². The van der Waals surface area contributed by atoms with Crippen LogP contribution in [-0.4, -0.2) is 15.0 Å². The van der Waals surface area contributed by atoms with Crippen molar-refractivity contribution in [3.05, 3.63) is 39.3 Å². The highest BCUT2D eigenvalue weighted by Gasteiger charge is 2.28. The van der Waals surface area contributed by atoms with Crippen molar-refractivity contribution in [1.29, 1.82) is 0 Å². The van der Waals surface area contributed by atoms with Crippen LogP contribution in [0.1, 0.15) is 30.1 Å². The fourth-order valence-electron chi connectivity index (χ4n) is 1.65. The van der Waals surface area contributed by atoms with Crippen LogP contribution in [0.5, 0.6) is 0 Å². The Balaban J connectivity index is 1.98. The number of rotatable bonds is 3. The summed E-state index contributed by atoms with van der Waals surface area (Å²) in [5.41, 5.74) is 0.911. The van der Waals surface area contributed by atoms with Crippen LogP contribution in [0.25, 0.3) is 0 Å². The lowest BCUT2D eigenvalue weighted by Gasteiger charge is -2.08. The predicted molar refractivity (Wildman–Crippen MR) is 79.8 cm³/mol. The maximum absolute atomic E-state index is 6.20. The van der Waals surface area contributed by atoms with Gasteiger partial charge in [0.25, 0.3) is 0 Å². The molecule has 2 heterocycles. The van der Waals surface area contributed by atoms with E-state index in [0.29, 0.717) is 11.1 Å². The topological polar surface area (TPSA) is 38.7 Å². The Morgan fingerprint density at radius 1 is 1.32 bits per heavy atom. The highest BCUT2D eigenvalue weighted by Crippen LogP contribution is 2.41. The molecule has 0 amide bonds. The average molecular weight is 357 g/mol. The highest BCUT2D eigenvalue weighted by atomic mass is 79.9.